The lowest BCUT2D eigenvalue weighted by atomic mass is 10.0. The Morgan fingerprint density at radius 2 is 2.12 bits per heavy atom. The first-order valence-corrected chi connectivity index (χ1v) is 4.66. The molecule has 1 amide bonds. The molecule has 0 unspecified atom stereocenters. The molecule has 1 aliphatic heterocycles. The quantitative estimate of drug-likeness (QED) is 0.668. The monoisotopic (exact) mass is 225 g/mol. The van der Waals surface area contributed by atoms with Crippen LogP contribution in [0.25, 0.3) is 0 Å². The van der Waals surface area contributed by atoms with Gasteiger partial charge in [0.15, 0.2) is 5.96 Å². The van der Waals surface area contributed by atoms with E-state index in [1.807, 2.05) is 0 Å². The van der Waals surface area contributed by atoms with Gasteiger partial charge in [-0.3, -0.25) is 15.5 Å². The molecule has 3 N–H and O–H groups in total. The van der Waals surface area contributed by atoms with Crippen LogP contribution in [0.5, 0.6) is 0 Å². The average molecular weight is 225 g/mol. The molecule has 16 heavy (non-hydrogen) atoms. The van der Waals surface area contributed by atoms with Crippen LogP contribution in [-0.2, 0) is 4.79 Å². The van der Waals surface area contributed by atoms with E-state index in [1.165, 1.54) is 6.07 Å². The number of hydrogen-bond donors (Lipinski definition) is 3. The van der Waals surface area contributed by atoms with Gasteiger partial charge in [-0.05, 0) is 6.07 Å². The summed E-state index contributed by atoms with van der Waals surface area (Å²) in [6, 6.07) is 2.53. The van der Waals surface area contributed by atoms with Crippen LogP contribution < -0.4 is 10.6 Å². The topological polar surface area (TPSA) is 65.0 Å². The van der Waals surface area contributed by atoms with E-state index in [2.05, 4.69) is 10.6 Å². The number of benzene rings is 1. The van der Waals surface area contributed by atoms with Crippen LogP contribution in [0.1, 0.15) is 18.0 Å². The van der Waals surface area contributed by atoms with Gasteiger partial charge in [0, 0.05) is 11.6 Å². The summed E-state index contributed by atoms with van der Waals surface area (Å²) in [6.45, 7) is 0. The molecule has 2 rings (SSSR count). The van der Waals surface area contributed by atoms with Crippen LogP contribution in [0.2, 0.25) is 0 Å². The first-order valence-electron chi connectivity index (χ1n) is 4.66. The fourth-order valence-electron chi connectivity index (χ4n) is 1.61. The largest absolute Gasteiger partial charge is 0.349 e. The number of hydrogen-bond acceptors (Lipinski definition) is 2. The maximum atomic E-state index is 13.4. The third-order valence-electron chi connectivity index (χ3n) is 2.31. The first kappa shape index (κ1) is 10.5. The molecule has 0 spiro atoms. The van der Waals surface area contributed by atoms with Crippen molar-refractivity contribution in [1.29, 1.82) is 5.41 Å². The summed E-state index contributed by atoms with van der Waals surface area (Å²) < 4.78 is 26.1. The highest BCUT2D eigenvalue weighted by molar-refractivity contribution is 5.98. The van der Waals surface area contributed by atoms with Gasteiger partial charge in [-0.2, -0.15) is 0 Å². The Kier molecular flexibility index (Phi) is 2.55. The molecule has 1 aromatic rings. The van der Waals surface area contributed by atoms with Crippen molar-refractivity contribution in [1.82, 2.24) is 10.6 Å². The third-order valence-corrected chi connectivity index (χ3v) is 2.31. The van der Waals surface area contributed by atoms with E-state index in [0.717, 1.165) is 12.1 Å². The highest BCUT2D eigenvalue weighted by Crippen LogP contribution is 2.22. The van der Waals surface area contributed by atoms with Crippen LogP contribution in [-0.4, -0.2) is 11.9 Å². The summed E-state index contributed by atoms with van der Waals surface area (Å²) in [4.78, 5) is 11.1. The molecule has 1 fully saturated rings. The average Bonchev–Trinajstić information content (AvgIpc) is 2.15. The Morgan fingerprint density at radius 3 is 2.75 bits per heavy atom. The molecule has 6 heteroatoms. The van der Waals surface area contributed by atoms with Gasteiger partial charge in [0.05, 0.1) is 12.5 Å². The fourth-order valence-corrected chi connectivity index (χ4v) is 1.61. The van der Waals surface area contributed by atoms with Gasteiger partial charge in [0.2, 0.25) is 5.91 Å². The Hall–Kier alpha value is -1.98. The number of rotatable bonds is 1. The predicted molar refractivity (Wildman–Crippen MR) is 52.7 cm³/mol. The second-order valence-corrected chi connectivity index (χ2v) is 3.49. The Labute approximate surface area is 90.2 Å². The van der Waals surface area contributed by atoms with Crippen molar-refractivity contribution in [2.45, 2.75) is 12.5 Å². The number of nitrogens with one attached hydrogen (secondary N) is 3. The van der Waals surface area contributed by atoms with E-state index in [9.17, 15) is 13.6 Å². The summed E-state index contributed by atoms with van der Waals surface area (Å²) in [6.07, 6.45) is 0.0188. The van der Waals surface area contributed by atoms with E-state index in [1.54, 1.807) is 0 Å². The molecule has 1 heterocycles. The van der Waals surface area contributed by atoms with Crippen LogP contribution in [0.15, 0.2) is 18.2 Å². The van der Waals surface area contributed by atoms with E-state index in [0.29, 0.717) is 0 Å². The van der Waals surface area contributed by atoms with Gasteiger partial charge in [-0.25, -0.2) is 8.78 Å². The van der Waals surface area contributed by atoms with Crippen molar-refractivity contribution in [3.05, 3.63) is 35.4 Å². The number of amides is 1. The molecule has 0 bridgehead atoms. The zero-order chi connectivity index (χ0) is 11.7. The summed E-state index contributed by atoms with van der Waals surface area (Å²) in [7, 11) is 0. The van der Waals surface area contributed by atoms with Crippen molar-refractivity contribution < 1.29 is 13.6 Å². The number of carbonyl (C=O) groups excluding carboxylic acids is 1. The fraction of sp³-hybridized carbons (Fsp3) is 0.200. The Balaban J connectivity index is 2.29. The molecule has 1 saturated heterocycles. The van der Waals surface area contributed by atoms with Crippen LogP contribution >= 0.6 is 0 Å². The number of halogens is 2. The van der Waals surface area contributed by atoms with Crippen LogP contribution in [0.3, 0.4) is 0 Å². The van der Waals surface area contributed by atoms with Gasteiger partial charge >= 0.3 is 0 Å². The molecule has 4 nitrogen and oxygen atoms in total. The number of guanidine groups is 1. The predicted octanol–water partition coefficient (Wildman–Crippen LogP) is 1.05. The van der Waals surface area contributed by atoms with Gasteiger partial charge in [-0.1, -0.05) is 6.07 Å². The van der Waals surface area contributed by atoms with Crippen LogP contribution in [0, 0.1) is 17.0 Å². The molecule has 1 aromatic carbocycles. The minimum Gasteiger partial charge on any atom is -0.349 e. The summed E-state index contributed by atoms with van der Waals surface area (Å²) in [5, 5.41) is 12.1. The maximum Gasteiger partial charge on any atom is 0.229 e. The zero-order valence-corrected chi connectivity index (χ0v) is 8.18. The standard InChI is InChI=1S/C10H9F2N3O/c11-5-1-2-6(7(12)3-5)8-4-9(16)15-10(13)14-8/h1-3,8H,4H2,(H3,13,14,15,16)/t8-/m0/s1. The van der Waals surface area contributed by atoms with Crippen molar-refractivity contribution in [2.24, 2.45) is 0 Å². The SMILES string of the molecule is N=C1NC(=O)C[C@@H](c2ccc(F)cc2F)N1. The lowest BCUT2D eigenvalue weighted by molar-refractivity contribution is -0.120. The first-order chi connectivity index (χ1) is 7.56. The molecule has 1 aliphatic rings. The Bertz CT molecular complexity index is 445. The van der Waals surface area contributed by atoms with E-state index < -0.39 is 17.7 Å². The molecular weight excluding hydrogens is 216 g/mol. The second-order valence-electron chi connectivity index (χ2n) is 3.49. The van der Waals surface area contributed by atoms with Crippen molar-refractivity contribution in [3.8, 4) is 0 Å². The highest BCUT2D eigenvalue weighted by Gasteiger charge is 2.25. The maximum absolute atomic E-state index is 13.4. The van der Waals surface area contributed by atoms with Crippen molar-refractivity contribution >= 4 is 11.9 Å². The van der Waals surface area contributed by atoms with Gasteiger partial charge in [0.25, 0.3) is 0 Å². The minimum atomic E-state index is -0.722. The molecular formula is C10H9F2N3O. The molecule has 1 atom stereocenters. The summed E-state index contributed by atoms with van der Waals surface area (Å²) in [5.41, 5.74) is 0.181. The molecule has 0 saturated carbocycles. The number of carbonyl (C=O) groups is 1. The lowest BCUT2D eigenvalue weighted by Crippen LogP contribution is -2.48. The molecule has 84 valence electrons. The summed E-state index contributed by atoms with van der Waals surface area (Å²) >= 11 is 0. The van der Waals surface area contributed by atoms with E-state index in [-0.39, 0.29) is 23.9 Å². The Morgan fingerprint density at radius 1 is 1.38 bits per heavy atom. The molecule has 0 aliphatic carbocycles. The summed E-state index contributed by atoms with van der Waals surface area (Å²) in [5.74, 6) is -1.93. The molecule has 0 aromatic heterocycles. The lowest BCUT2D eigenvalue weighted by Gasteiger charge is -2.25. The van der Waals surface area contributed by atoms with Gasteiger partial charge in [0.1, 0.15) is 11.6 Å². The van der Waals surface area contributed by atoms with E-state index in [4.69, 9.17) is 5.41 Å². The highest BCUT2D eigenvalue weighted by atomic mass is 19.1. The second kappa shape index (κ2) is 3.88. The zero-order valence-electron chi connectivity index (χ0n) is 8.18. The van der Waals surface area contributed by atoms with Crippen molar-refractivity contribution in [2.75, 3.05) is 0 Å². The van der Waals surface area contributed by atoms with E-state index >= 15 is 0 Å². The third kappa shape index (κ3) is 2.00. The molecule has 0 radical (unpaired) electrons. The van der Waals surface area contributed by atoms with Gasteiger partial charge < -0.3 is 5.32 Å². The van der Waals surface area contributed by atoms with Crippen LogP contribution in [0.4, 0.5) is 8.78 Å². The van der Waals surface area contributed by atoms with Gasteiger partial charge in [-0.15, -0.1) is 0 Å². The normalized spacial score (nSPS) is 20.2. The smallest absolute Gasteiger partial charge is 0.229 e. The van der Waals surface area contributed by atoms with Crippen molar-refractivity contribution in [3.63, 3.8) is 0 Å². The minimum absolute atomic E-state index is 0.0188.